The minimum absolute atomic E-state index is 0.123. The Morgan fingerprint density at radius 2 is 1.63 bits per heavy atom. The summed E-state index contributed by atoms with van der Waals surface area (Å²) in [6, 6.07) is 13.2. The SMILES string of the molecule is O=C(CCNCCc1ccc(F)cc1)N1CCN(c2ccccc2F)CC1. The van der Waals surface area contributed by atoms with Gasteiger partial charge in [0.1, 0.15) is 11.6 Å². The highest BCUT2D eigenvalue weighted by molar-refractivity contribution is 5.76. The van der Waals surface area contributed by atoms with E-state index in [0.29, 0.717) is 44.8 Å². The molecular formula is C21H25F2N3O. The Bertz CT molecular complexity index is 743. The van der Waals surface area contributed by atoms with Crippen molar-refractivity contribution in [1.82, 2.24) is 10.2 Å². The zero-order valence-electron chi connectivity index (χ0n) is 15.3. The maximum absolute atomic E-state index is 13.9. The van der Waals surface area contributed by atoms with Crippen molar-refractivity contribution in [3.63, 3.8) is 0 Å². The third kappa shape index (κ3) is 5.50. The fraction of sp³-hybridized carbons (Fsp3) is 0.381. The highest BCUT2D eigenvalue weighted by atomic mass is 19.1. The molecule has 1 N–H and O–H groups in total. The standard InChI is InChI=1S/C21H25F2N3O/c22-18-7-5-17(6-8-18)9-11-24-12-10-21(27)26-15-13-25(14-16-26)20-4-2-1-3-19(20)23/h1-8,24H,9-16H2. The molecule has 0 unspecified atom stereocenters. The molecule has 1 aliphatic heterocycles. The van der Waals surface area contributed by atoms with Crippen LogP contribution in [0.3, 0.4) is 0 Å². The molecule has 0 spiro atoms. The number of nitrogens with one attached hydrogen (secondary N) is 1. The smallest absolute Gasteiger partial charge is 0.223 e. The van der Waals surface area contributed by atoms with Crippen LogP contribution in [-0.2, 0) is 11.2 Å². The lowest BCUT2D eigenvalue weighted by Crippen LogP contribution is -2.49. The lowest BCUT2D eigenvalue weighted by atomic mass is 10.1. The minimum atomic E-state index is -0.229. The van der Waals surface area contributed by atoms with Crippen molar-refractivity contribution in [2.45, 2.75) is 12.8 Å². The molecule has 144 valence electrons. The predicted octanol–water partition coefficient (Wildman–Crippen LogP) is 2.84. The molecule has 1 fully saturated rings. The Morgan fingerprint density at radius 3 is 2.33 bits per heavy atom. The first-order valence-electron chi connectivity index (χ1n) is 9.36. The number of carbonyl (C=O) groups excluding carboxylic acids is 1. The van der Waals surface area contributed by atoms with Crippen LogP contribution in [0.4, 0.5) is 14.5 Å². The Kier molecular flexibility index (Phi) is 6.76. The normalized spacial score (nSPS) is 14.4. The van der Waals surface area contributed by atoms with Crippen molar-refractivity contribution in [1.29, 1.82) is 0 Å². The second-order valence-corrected chi connectivity index (χ2v) is 6.70. The van der Waals surface area contributed by atoms with Crippen LogP contribution in [0.5, 0.6) is 0 Å². The number of piperazine rings is 1. The van der Waals surface area contributed by atoms with Crippen LogP contribution in [0, 0.1) is 11.6 Å². The van der Waals surface area contributed by atoms with Crippen molar-refractivity contribution < 1.29 is 13.6 Å². The molecular weight excluding hydrogens is 348 g/mol. The van der Waals surface area contributed by atoms with Crippen LogP contribution in [-0.4, -0.2) is 50.1 Å². The zero-order chi connectivity index (χ0) is 19.1. The van der Waals surface area contributed by atoms with Gasteiger partial charge in [-0.2, -0.15) is 0 Å². The average Bonchev–Trinajstić information content (AvgIpc) is 2.69. The van der Waals surface area contributed by atoms with Crippen molar-refractivity contribution in [3.05, 3.63) is 65.7 Å². The number of carbonyl (C=O) groups is 1. The van der Waals surface area contributed by atoms with Crippen LogP contribution >= 0.6 is 0 Å². The van der Waals surface area contributed by atoms with E-state index in [1.165, 1.54) is 18.2 Å². The monoisotopic (exact) mass is 373 g/mol. The largest absolute Gasteiger partial charge is 0.366 e. The fourth-order valence-electron chi connectivity index (χ4n) is 3.27. The number of hydrogen-bond acceptors (Lipinski definition) is 3. The van der Waals surface area contributed by atoms with E-state index in [0.717, 1.165) is 18.5 Å². The van der Waals surface area contributed by atoms with Gasteiger partial charge in [-0.1, -0.05) is 24.3 Å². The first kappa shape index (κ1) is 19.3. The van der Waals surface area contributed by atoms with Gasteiger partial charge in [-0.05, 0) is 42.8 Å². The second kappa shape index (κ2) is 9.46. The molecule has 2 aromatic rings. The molecule has 1 amide bonds. The minimum Gasteiger partial charge on any atom is -0.366 e. The van der Waals surface area contributed by atoms with E-state index >= 15 is 0 Å². The van der Waals surface area contributed by atoms with Gasteiger partial charge < -0.3 is 15.1 Å². The van der Waals surface area contributed by atoms with E-state index in [1.54, 1.807) is 24.3 Å². The summed E-state index contributed by atoms with van der Waals surface area (Å²) in [6.45, 7) is 3.88. The number of hydrogen-bond donors (Lipinski definition) is 1. The number of anilines is 1. The quantitative estimate of drug-likeness (QED) is 0.758. The van der Waals surface area contributed by atoms with Crippen LogP contribution in [0.2, 0.25) is 0 Å². The van der Waals surface area contributed by atoms with Crippen LogP contribution in [0.15, 0.2) is 48.5 Å². The van der Waals surface area contributed by atoms with Gasteiger partial charge in [-0.25, -0.2) is 8.78 Å². The van der Waals surface area contributed by atoms with Gasteiger partial charge in [0, 0.05) is 39.1 Å². The van der Waals surface area contributed by atoms with Gasteiger partial charge in [0.25, 0.3) is 0 Å². The van der Waals surface area contributed by atoms with E-state index in [2.05, 4.69) is 5.32 Å². The van der Waals surface area contributed by atoms with Crippen LogP contribution < -0.4 is 10.2 Å². The number of para-hydroxylation sites is 1. The summed E-state index contributed by atoms with van der Waals surface area (Å²) in [7, 11) is 0. The van der Waals surface area contributed by atoms with E-state index in [-0.39, 0.29) is 17.5 Å². The molecule has 0 bridgehead atoms. The van der Waals surface area contributed by atoms with Crippen LogP contribution in [0.1, 0.15) is 12.0 Å². The number of nitrogens with zero attached hydrogens (tertiary/aromatic N) is 2. The summed E-state index contributed by atoms with van der Waals surface area (Å²) >= 11 is 0. The third-order valence-corrected chi connectivity index (χ3v) is 4.84. The fourth-order valence-corrected chi connectivity index (χ4v) is 3.27. The molecule has 1 heterocycles. The Labute approximate surface area is 158 Å². The molecule has 0 aliphatic carbocycles. The van der Waals surface area contributed by atoms with E-state index in [9.17, 15) is 13.6 Å². The summed E-state index contributed by atoms with van der Waals surface area (Å²) in [5, 5.41) is 3.26. The van der Waals surface area contributed by atoms with E-state index < -0.39 is 0 Å². The van der Waals surface area contributed by atoms with Crippen molar-refractivity contribution in [2.75, 3.05) is 44.2 Å². The number of benzene rings is 2. The molecule has 0 aromatic heterocycles. The third-order valence-electron chi connectivity index (χ3n) is 4.84. The summed E-state index contributed by atoms with van der Waals surface area (Å²) < 4.78 is 26.7. The lowest BCUT2D eigenvalue weighted by molar-refractivity contribution is -0.131. The van der Waals surface area contributed by atoms with Gasteiger partial charge in [0.15, 0.2) is 0 Å². The number of halogens is 2. The molecule has 0 radical (unpaired) electrons. The molecule has 0 atom stereocenters. The Hall–Kier alpha value is -2.47. The van der Waals surface area contributed by atoms with Gasteiger partial charge in [0.05, 0.1) is 5.69 Å². The Balaban J connectivity index is 1.34. The predicted molar refractivity (Wildman–Crippen MR) is 103 cm³/mol. The molecule has 4 nitrogen and oxygen atoms in total. The van der Waals surface area contributed by atoms with Crippen molar-refractivity contribution in [3.8, 4) is 0 Å². The highest BCUT2D eigenvalue weighted by Crippen LogP contribution is 2.20. The first-order valence-corrected chi connectivity index (χ1v) is 9.36. The van der Waals surface area contributed by atoms with Crippen molar-refractivity contribution >= 4 is 11.6 Å². The molecule has 6 heteroatoms. The maximum atomic E-state index is 13.9. The van der Waals surface area contributed by atoms with E-state index in [1.807, 2.05) is 15.9 Å². The van der Waals surface area contributed by atoms with Crippen molar-refractivity contribution in [2.24, 2.45) is 0 Å². The van der Waals surface area contributed by atoms with Crippen LogP contribution in [0.25, 0.3) is 0 Å². The molecule has 2 aromatic carbocycles. The molecule has 1 saturated heterocycles. The summed E-state index contributed by atoms with van der Waals surface area (Å²) in [5.41, 5.74) is 1.67. The first-order chi connectivity index (χ1) is 13.1. The van der Waals surface area contributed by atoms with Gasteiger partial charge in [0.2, 0.25) is 5.91 Å². The van der Waals surface area contributed by atoms with E-state index in [4.69, 9.17) is 0 Å². The van der Waals surface area contributed by atoms with Gasteiger partial charge in [-0.3, -0.25) is 4.79 Å². The number of amides is 1. The molecule has 3 rings (SSSR count). The zero-order valence-corrected chi connectivity index (χ0v) is 15.3. The molecule has 1 aliphatic rings. The maximum Gasteiger partial charge on any atom is 0.223 e. The lowest BCUT2D eigenvalue weighted by Gasteiger charge is -2.36. The summed E-state index contributed by atoms with van der Waals surface area (Å²) in [5.74, 6) is -0.326. The topological polar surface area (TPSA) is 35.6 Å². The van der Waals surface area contributed by atoms with Gasteiger partial charge in [-0.15, -0.1) is 0 Å². The number of rotatable bonds is 7. The average molecular weight is 373 g/mol. The van der Waals surface area contributed by atoms with Gasteiger partial charge >= 0.3 is 0 Å². The summed E-state index contributed by atoms with van der Waals surface area (Å²) in [4.78, 5) is 16.2. The Morgan fingerprint density at radius 1 is 0.926 bits per heavy atom. The molecule has 0 saturated carbocycles. The summed E-state index contributed by atoms with van der Waals surface area (Å²) in [6.07, 6.45) is 1.25. The molecule has 27 heavy (non-hydrogen) atoms. The second-order valence-electron chi connectivity index (χ2n) is 6.70. The highest BCUT2D eigenvalue weighted by Gasteiger charge is 2.22.